The van der Waals surface area contributed by atoms with Gasteiger partial charge in [0.15, 0.2) is 0 Å². The van der Waals surface area contributed by atoms with Crippen molar-refractivity contribution in [2.75, 3.05) is 44.3 Å². The molecule has 0 saturated carbocycles. The van der Waals surface area contributed by atoms with E-state index in [2.05, 4.69) is 4.90 Å². The standard InChI is InChI=1S/C14H18N2O3.ClH/c17-14-16(12-4-2-1-3-5-12)11-13(19-14)10-15-6-8-18-9-7-15;/h1-5,13H,6-11H2;1H. The molecule has 1 unspecified atom stereocenters. The van der Waals surface area contributed by atoms with Crippen molar-refractivity contribution in [1.82, 2.24) is 4.90 Å². The Bertz CT molecular complexity index is 437. The van der Waals surface area contributed by atoms with Crippen LogP contribution in [0.5, 0.6) is 0 Å². The lowest BCUT2D eigenvalue weighted by molar-refractivity contribution is 0.0188. The first-order valence-electron chi connectivity index (χ1n) is 6.66. The molecule has 2 saturated heterocycles. The summed E-state index contributed by atoms with van der Waals surface area (Å²) in [4.78, 5) is 15.9. The lowest BCUT2D eigenvalue weighted by Gasteiger charge is -2.28. The van der Waals surface area contributed by atoms with Gasteiger partial charge in [-0.15, -0.1) is 12.4 Å². The minimum atomic E-state index is -0.246. The molecule has 0 radical (unpaired) electrons. The molecule has 0 aromatic heterocycles. The van der Waals surface area contributed by atoms with Gasteiger partial charge in [-0.25, -0.2) is 4.79 Å². The molecule has 3 rings (SSSR count). The van der Waals surface area contributed by atoms with Crippen LogP contribution in [-0.2, 0) is 9.47 Å². The van der Waals surface area contributed by atoms with Crippen LogP contribution >= 0.6 is 12.4 Å². The number of rotatable bonds is 3. The summed E-state index contributed by atoms with van der Waals surface area (Å²) in [5, 5.41) is 0. The van der Waals surface area contributed by atoms with E-state index in [9.17, 15) is 4.79 Å². The quantitative estimate of drug-likeness (QED) is 0.853. The van der Waals surface area contributed by atoms with Crippen LogP contribution in [-0.4, -0.2) is 56.5 Å². The molecule has 1 aromatic rings. The van der Waals surface area contributed by atoms with Gasteiger partial charge in [0.05, 0.1) is 19.8 Å². The first-order chi connectivity index (χ1) is 9.33. The highest BCUT2D eigenvalue weighted by molar-refractivity contribution is 5.89. The van der Waals surface area contributed by atoms with Gasteiger partial charge in [0, 0.05) is 25.3 Å². The molecule has 1 atom stereocenters. The summed E-state index contributed by atoms with van der Waals surface area (Å²) >= 11 is 0. The Labute approximate surface area is 124 Å². The molecule has 1 amide bonds. The number of carbonyl (C=O) groups excluding carboxylic acids is 1. The van der Waals surface area contributed by atoms with E-state index < -0.39 is 0 Å². The fourth-order valence-corrected chi connectivity index (χ4v) is 2.51. The molecule has 110 valence electrons. The number of hydrogen-bond donors (Lipinski definition) is 0. The summed E-state index contributed by atoms with van der Waals surface area (Å²) in [5.74, 6) is 0. The van der Waals surface area contributed by atoms with E-state index in [0.29, 0.717) is 6.54 Å². The van der Waals surface area contributed by atoms with Crippen LogP contribution in [0.4, 0.5) is 10.5 Å². The summed E-state index contributed by atoms with van der Waals surface area (Å²) in [5.41, 5.74) is 0.900. The van der Waals surface area contributed by atoms with E-state index >= 15 is 0 Å². The average Bonchev–Trinajstić information content (AvgIpc) is 2.82. The van der Waals surface area contributed by atoms with E-state index in [1.165, 1.54) is 0 Å². The van der Waals surface area contributed by atoms with Gasteiger partial charge in [-0.2, -0.15) is 0 Å². The SMILES string of the molecule is Cl.O=C1OC(CN2CCOCC2)CN1c1ccccc1. The van der Waals surface area contributed by atoms with Gasteiger partial charge in [-0.3, -0.25) is 9.80 Å². The Kier molecular flexibility index (Phi) is 5.23. The van der Waals surface area contributed by atoms with Gasteiger partial charge in [0.25, 0.3) is 0 Å². The number of anilines is 1. The lowest BCUT2D eigenvalue weighted by atomic mass is 10.2. The van der Waals surface area contributed by atoms with Crippen LogP contribution in [0.2, 0.25) is 0 Å². The highest BCUT2D eigenvalue weighted by Gasteiger charge is 2.33. The van der Waals surface area contributed by atoms with Gasteiger partial charge in [0.1, 0.15) is 6.10 Å². The second-order valence-corrected chi connectivity index (χ2v) is 4.86. The molecule has 2 heterocycles. The third-order valence-electron chi connectivity index (χ3n) is 3.51. The van der Waals surface area contributed by atoms with Crippen molar-refractivity contribution in [3.05, 3.63) is 30.3 Å². The number of halogens is 1. The molecule has 5 nitrogen and oxygen atoms in total. The molecular formula is C14H19ClN2O3. The third kappa shape index (κ3) is 3.42. The van der Waals surface area contributed by atoms with Crippen molar-refractivity contribution < 1.29 is 14.3 Å². The number of carbonyl (C=O) groups is 1. The molecule has 1 aromatic carbocycles. The van der Waals surface area contributed by atoms with Gasteiger partial charge in [-0.05, 0) is 12.1 Å². The maximum Gasteiger partial charge on any atom is 0.414 e. The zero-order chi connectivity index (χ0) is 13.1. The van der Waals surface area contributed by atoms with Crippen molar-refractivity contribution in [3.63, 3.8) is 0 Å². The van der Waals surface area contributed by atoms with Crippen LogP contribution in [0.1, 0.15) is 0 Å². The van der Waals surface area contributed by atoms with Crippen molar-refractivity contribution in [1.29, 1.82) is 0 Å². The molecule has 0 spiro atoms. The number of hydrogen-bond acceptors (Lipinski definition) is 4. The summed E-state index contributed by atoms with van der Waals surface area (Å²) in [7, 11) is 0. The fourth-order valence-electron chi connectivity index (χ4n) is 2.51. The zero-order valence-corrected chi connectivity index (χ0v) is 12.1. The second kappa shape index (κ2) is 6.92. The first-order valence-corrected chi connectivity index (χ1v) is 6.66. The lowest BCUT2D eigenvalue weighted by Crippen LogP contribution is -2.42. The zero-order valence-electron chi connectivity index (χ0n) is 11.2. The topological polar surface area (TPSA) is 42.0 Å². The maximum atomic E-state index is 11.9. The first kappa shape index (κ1) is 15.1. The monoisotopic (exact) mass is 298 g/mol. The molecule has 0 bridgehead atoms. The number of nitrogens with zero attached hydrogens (tertiary/aromatic N) is 2. The largest absolute Gasteiger partial charge is 0.443 e. The minimum Gasteiger partial charge on any atom is -0.443 e. The van der Waals surface area contributed by atoms with Crippen molar-refractivity contribution in [2.24, 2.45) is 0 Å². The van der Waals surface area contributed by atoms with Crippen LogP contribution in [0, 0.1) is 0 Å². The number of benzene rings is 1. The Hall–Kier alpha value is -1.30. The summed E-state index contributed by atoms with van der Waals surface area (Å²) in [6.07, 6.45) is -0.296. The predicted octanol–water partition coefficient (Wildman–Crippen LogP) is 1.77. The number of para-hydroxylation sites is 1. The van der Waals surface area contributed by atoms with E-state index in [1.807, 2.05) is 30.3 Å². The third-order valence-corrected chi connectivity index (χ3v) is 3.51. The maximum absolute atomic E-state index is 11.9. The van der Waals surface area contributed by atoms with Gasteiger partial charge >= 0.3 is 6.09 Å². The van der Waals surface area contributed by atoms with Crippen LogP contribution in [0.15, 0.2) is 30.3 Å². The summed E-state index contributed by atoms with van der Waals surface area (Å²) < 4.78 is 10.8. The van der Waals surface area contributed by atoms with Crippen LogP contribution in [0.25, 0.3) is 0 Å². The molecule has 2 aliphatic rings. The molecule has 20 heavy (non-hydrogen) atoms. The van der Waals surface area contributed by atoms with E-state index in [4.69, 9.17) is 9.47 Å². The van der Waals surface area contributed by atoms with E-state index in [0.717, 1.165) is 38.5 Å². The molecule has 0 N–H and O–H groups in total. The second-order valence-electron chi connectivity index (χ2n) is 4.86. The van der Waals surface area contributed by atoms with Crippen molar-refractivity contribution in [2.45, 2.75) is 6.10 Å². The number of amides is 1. The minimum absolute atomic E-state index is 0. The number of ether oxygens (including phenoxy) is 2. The predicted molar refractivity (Wildman–Crippen MR) is 78.6 cm³/mol. The highest BCUT2D eigenvalue weighted by atomic mass is 35.5. The summed E-state index contributed by atoms with van der Waals surface area (Å²) in [6, 6.07) is 9.66. The van der Waals surface area contributed by atoms with Gasteiger partial charge in [-0.1, -0.05) is 18.2 Å². The molecule has 6 heteroatoms. The number of cyclic esters (lactones) is 1. The smallest absolute Gasteiger partial charge is 0.414 e. The average molecular weight is 299 g/mol. The summed E-state index contributed by atoms with van der Waals surface area (Å²) in [6.45, 7) is 4.78. The van der Waals surface area contributed by atoms with Crippen LogP contribution < -0.4 is 4.90 Å². The molecule has 0 aliphatic carbocycles. The van der Waals surface area contributed by atoms with E-state index in [-0.39, 0.29) is 24.6 Å². The Morgan fingerprint density at radius 1 is 1.15 bits per heavy atom. The molecular weight excluding hydrogens is 280 g/mol. The van der Waals surface area contributed by atoms with Gasteiger partial charge in [0.2, 0.25) is 0 Å². The highest BCUT2D eigenvalue weighted by Crippen LogP contribution is 2.21. The van der Waals surface area contributed by atoms with Crippen molar-refractivity contribution >= 4 is 24.2 Å². The number of morpholine rings is 1. The van der Waals surface area contributed by atoms with Crippen molar-refractivity contribution in [3.8, 4) is 0 Å². The Morgan fingerprint density at radius 2 is 1.85 bits per heavy atom. The molecule has 2 fully saturated rings. The Balaban J connectivity index is 0.00000147. The normalized spacial score (nSPS) is 23.3. The van der Waals surface area contributed by atoms with Crippen LogP contribution in [0.3, 0.4) is 0 Å². The van der Waals surface area contributed by atoms with Gasteiger partial charge < -0.3 is 9.47 Å². The molecule has 2 aliphatic heterocycles. The Morgan fingerprint density at radius 3 is 2.55 bits per heavy atom. The fraction of sp³-hybridized carbons (Fsp3) is 0.500. The van der Waals surface area contributed by atoms with E-state index in [1.54, 1.807) is 4.90 Å².